The number of nitrogens with zero attached hydrogens (tertiary/aromatic N) is 2. The number of para-hydroxylation sites is 1. The highest BCUT2D eigenvalue weighted by Crippen LogP contribution is 2.44. The number of aryl methyl sites for hydroxylation is 3. The molecule has 0 fully saturated rings. The lowest BCUT2D eigenvalue weighted by Crippen LogP contribution is -1.88. The van der Waals surface area contributed by atoms with Crippen molar-refractivity contribution in [2.75, 3.05) is 0 Å². The van der Waals surface area contributed by atoms with Crippen molar-refractivity contribution in [3.8, 4) is 11.3 Å². The molecule has 35 heavy (non-hydrogen) atoms. The molecule has 0 amide bonds. The van der Waals surface area contributed by atoms with Crippen LogP contribution in [0, 0.1) is 20.8 Å². The van der Waals surface area contributed by atoms with E-state index in [1.807, 2.05) is 12.3 Å². The van der Waals surface area contributed by atoms with Crippen molar-refractivity contribution in [3.05, 3.63) is 95.7 Å². The molecule has 0 N–H and O–H groups in total. The van der Waals surface area contributed by atoms with E-state index in [9.17, 15) is 0 Å². The quantitative estimate of drug-likeness (QED) is 0.250. The van der Waals surface area contributed by atoms with Gasteiger partial charge in [0.2, 0.25) is 0 Å². The maximum Gasteiger partial charge on any atom is 0.160 e. The van der Waals surface area contributed by atoms with Crippen molar-refractivity contribution in [1.29, 1.82) is 0 Å². The molecule has 0 spiro atoms. The summed E-state index contributed by atoms with van der Waals surface area (Å²) in [6, 6.07) is 26.4. The lowest BCUT2D eigenvalue weighted by Gasteiger charge is -2.06. The van der Waals surface area contributed by atoms with Gasteiger partial charge in [-0.2, -0.15) is 0 Å². The Labute approximate surface area is 201 Å². The van der Waals surface area contributed by atoms with Crippen LogP contribution in [-0.2, 0) is 0 Å². The fraction of sp³-hybridized carbons (Fsp3) is 0.0938. The van der Waals surface area contributed by atoms with E-state index in [-0.39, 0.29) is 0 Å². The number of fused-ring (bicyclic) bond motifs is 10. The highest BCUT2D eigenvalue weighted by Gasteiger charge is 2.22. The van der Waals surface area contributed by atoms with Crippen molar-refractivity contribution < 1.29 is 4.42 Å². The molecule has 3 heteroatoms. The van der Waals surface area contributed by atoms with Gasteiger partial charge in [-0.3, -0.25) is 4.98 Å². The van der Waals surface area contributed by atoms with Crippen LogP contribution in [0.4, 0.5) is 0 Å². The first kappa shape index (κ1) is 19.0. The predicted octanol–water partition coefficient (Wildman–Crippen LogP) is 8.72. The zero-order chi connectivity index (χ0) is 23.4. The van der Waals surface area contributed by atoms with Crippen LogP contribution in [0.5, 0.6) is 0 Å². The molecule has 0 saturated heterocycles. The third-order valence-corrected chi connectivity index (χ3v) is 7.71. The lowest BCUT2D eigenvalue weighted by atomic mass is 10.0. The molecule has 4 heterocycles. The van der Waals surface area contributed by atoms with Crippen LogP contribution in [-0.4, -0.2) is 9.38 Å². The Morgan fingerprint density at radius 1 is 0.657 bits per heavy atom. The maximum absolute atomic E-state index is 6.49. The Morgan fingerprint density at radius 3 is 2.31 bits per heavy atom. The second-order valence-electron chi connectivity index (χ2n) is 9.87. The molecule has 4 aromatic carbocycles. The Kier molecular flexibility index (Phi) is 3.47. The minimum absolute atomic E-state index is 0.929. The van der Waals surface area contributed by atoms with E-state index in [1.54, 1.807) is 0 Å². The van der Waals surface area contributed by atoms with Gasteiger partial charge in [-0.05, 0) is 79.9 Å². The molecule has 8 aromatic rings. The van der Waals surface area contributed by atoms with Crippen molar-refractivity contribution in [1.82, 2.24) is 9.38 Å². The van der Waals surface area contributed by atoms with Gasteiger partial charge in [-0.1, -0.05) is 30.3 Å². The van der Waals surface area contributed by atoms with Crippen molar-refractivity contribution in [3.63, 3.8) is 0 Å². The molecule has 0 saturated carbocycles. The van der Waals surface area contributed by atoms with Gasteiger partial charge in [0.15, 0.2) is 5.58 Å². The topological polar surface area (TPSA) is 30.4 Å². The number of aromatic nitrogens is 2. The largest absolute Gasteiger partial charge is 0.454 e. The minimum atomic E-state index is 0.929. The summed E-state index contributed by atoms with van der Waals surface area (Å²) < 4.78 is 8.91. The van der Waals surface area contributed by atoms with Crippen LogP contribution in [0.2, 0.25) is 0 Å². The standard InChI is InChI=1S/C32H22N2O/c1-17-12-25-22-9-10-23-21-6-4-5-7-29(21)35-32(23)31(22)34-28-11-8-20(15-24(28)26(13-17)30(25)34)27-14-18(2)19(3)16-33-27/h4-16H,1-3H3. The average molecular weight is 451 g/mol. The lowest BCUT2D eigenvalue weighted by molar-refractivity contribution is 0.671. The summed E-state index contributed by atoms with van der Waals surface area (Å²) in [5.41, 5.74) is 11.4. The molecule has 166 valence electrons. The molecule has 0 atom stereocenters. The molecule has 0 bridgehead atoms. The summed E-state index contributed by atoms with van der Waals surface area (Å²) in [6.07, 6.45) is 1.97. The Morgan fingerprint density at radius 2 is 1.46 bits per heavy atom. The van der Waals surface area contributed by atoms with Crippen LogP contribution in [0.1, 0.15) is 16.7 Å². The van der Waals surface area contributed by atoms with Gasteiger partial charge in [-0.25, -0.2) is 0 Å². The summed E-state index contributed by atoms with van der Waals surface area (Å²) in [7, 11) is 0. The number of benzene rings is 4. The number of rotatable bonds is 1. The van der Waals surface area contributed by atoms with Crippen LogP contribution in [0.3, 0.4) is 0 Å². The first-order valence-electron chi connectivity index (χ1n) is 12.1. The molecule has 0 aliphatic heterocycles. The van der Waals surface area contributed by atoms with E-state index >= 15 is 0 Å². The molecular formula is C32H22N2O. The third-order valence-electron chi connectivity index (χ3n) is 7.71. The van der Waals surface area contributed by atoms with Gasteiger partial charge in [0.05, 0.1) is 22.2 Å². The smallest absolute Gasteiger partial charge is 0.160 e. The maximum atomic E-state index is 6.49. The summed E-state index contributed by atoms with van der Waals surface area (Å²) >= 11 is 0. The zero-order valence-corrected chi connectivity index (χ0v) is 19.8. The van der Waals surface area contributed by atoms with E-state index < -0.39 is 0 Å². The van der Waals surface area contributed by atoms with E-state index in [4.69, 9.17) is 9.40 Å². The molecule has 0 unspecified atom stereocenters. The van der Waals surface area contributed by atoms with Gasteiger partial charge < -0.3 is 8.82 Å². The molecule has 4 aromatic heterocycles. The fourth-order valence-electron chi connectivity index (χ4n) is 5.89. The number of hydrogen-bond acceptors (Lipinski definition) is 2. The number of hydrogen-bond donors (Lipinski definition) is 0. The van der Waals surface area contributed by atoms with Gasteiger partial charge in [0.1, 0.15) is 5.58 Å². The van der Waals surface area contributed by atoms with Crippen molar-refractivity contribution >= 4 is 60.0 Å². The molecule has 0 radical (unpaired) electrons. The zero-order valence-electron chi connectivity index (χ0n) is 19.8. The normalized spacial score (nSPS) is 12.4. The molecule has 0 aliphatic carbocycles. The fourth-order valence-corrected chi connectivity index (χ4v) is 5.89. The highest BCUT2D eigenvalue weighted by atomic mass is 16.3. The minimum Gasteiger partial charge on any atom is -0.454 e. The monoisotopic (exact) mass is 450 g/mol. The van der Waals surface area contributed by atoms with Crippen LogP contribution in [0.15, 0.2) is 83.4 Å². The van der Waals surface area contributed by atoms with E-state index in [2.05, 4.69) is 91.9 Å². The van der Waals surface area contributed by atoms with Gasteiger partial charge >= 0.3 is 0 Å². The Hall–Kier alpha value is -4.37. The number of pyridine rings is 1. The summed E-state index contributed by atoms with van der Waals surface area (Å²) in [6.45, 7) is 6.44. The second kappa shape index (κ2) is 6.39. The summed E-state index contributed by atoms with van der Waals surface area (Å²) in [5, 5.41) is 7.37. The van der Waals surface area contributed by atoms with Crippen molar-refractivity contribution in [2.24, 2.45) is 0 Å². The SMILES string of the molecule is Cc1cc2c3cc(-c4cc(C)c(C)cn4)ccc3n3c2c(c1)c1ccc2c4ccccc4oc2c13. The Bertz CT molecular complexity index is 2140. The second-order valence-corrected chi connectivity index (χ2v) is 9.87. The summed E-state index contributed by atoms with van der Waals surface area (Å²) in [5.74, 6) is 0. The first-order valence-corrected chi connectivity index (χ1v) is 12.1. The van der Waals surface area contributed by atoms with Crippen molar-refractivity contribution in [2.45, 2.75) is 20.8 Å². The van der Waals surface area contributed by atoms with E-state index in [0.29, 0.717) is 0 Å². The third kappa shape index (κ3) is 2.37. The predicted molar refractivity (Wildman–Crippen MR) is 146 cm³/mol. The first-order chi connectivity index (χ1) is 17.1. The average Bonchev–Trinajstić information content (AvgIpc) is 3.51. The van der Waals surface area contributed by atoms with Crippen LogP contribution >= 0.6 is 0 Å². The van der Waals surface area contributed by atoms with Gasteiger partial charge in [0, 0.05) is 44.1 Å². The molecule has 3 nitrogen and oxygen atoms in total. The molecule has 0 aliphatic rings. The number of furan rings is 1. The highest BCUT2D eigenvalue weighted by molar-refractivity contribution is 6.28. The molecular weight excluding hydrogens is 428 g/mol. The van der Waals surface area contributed by atoms with Crippen LogP contribution < -0.4 is 0 Å². The summed E-state index contributed by atoms with van der Waals surface area (Å²) in [4.78, 5) is 4.73. The van der Waals surface area contributed by atoms with E-state index in [1.165, 1.54) is 49.3 Å². The van der Waals surface area contributed by atoms with Gasteiger partial charge in [0.25, 0.3) is 0 Å². The van der Waals surface area contributed by atoms with Crippen LogP contribution in [0.25, 0.3) is 71.3 Å². The molecule has 8 rings (SSSR count). The van der Waals surface area contributed by atoms with E-state index in [0.717, 1.165) is 38.7 Å². The van der Waals surface area contributed by atoms with Gasteiger partial charge in [-0.15, -0.1) is 0 Å². The Balaban J connectivity index is 1.56.